The van der Waals surface area contributed by atoms with Gasteiger partial charge in [0.15, 0.2) is 0 Å². The van der Waals surface area contributed by atoms with Crippen molar-refractivity contribution in [2.24, 2.45) is 7.05 Å². The third kappa shape index (κ3) is 3.83. The fourth-order valence-corrected chi connectivity index (χ4v) is 3.62. The van der Waals surface area contributed by atoms with Crippen LogP contribution in [0.25, 0.3) is 5.69 Å². The second kappa shape index (κ2) is 7.72. The minimum atomic E-state index is -0.415. The quantitative estimate of drug-likeness (QED) is 0.742. The van der Waals surface area contributed by atoms with Crippen LogP contribution in [0, 0.1) is 0 Å². The van der Waals surface area contributed by atoms with Crippen LogP contribution in [-0.4, -0.2) is 43.6 Å². The number of nitrogens with zero attached hydrogens (tertiary/aromatic N) is 4. The Hall–Kier alpha value is -3.35. The Bertz CT molecular complexity index is 959. The van der Waals surface area contributed by atoms with E-state index in [1.165, 1.54) is 0 Å². The van der Waals surface area contributed by atoms with E-state index in [9.17, 15) is 9.59 Å². The summed E-state index contributed by atoms with van der Waals surface area (Å²) in [4.78, 5) is 27.2. The number of benzene rings is 1. The van der Waals surface area contributed by atoms with E-state index in [1.807, 2.05) is 66.6 Å². The van der Waals surface area contributed by atoms with E-state index in [-0.39, 0.29) is 11.8 Å². The summed E-state index contributed by atoms with van der Waals surface area (Å²) in [5, 5.41) is 7.13. The molecule has 0 aliphatic carbocycles. The summed E-state index contributed by atoms with van der Waals surface area (Å²) < 4.78 is 3.68. The van der Waals surface area contributed by atoms with Crippen LogP contribution in [0.4, 0.5) is 5.69 Å². The molecule has 3 heterocycles. The van der Waals surface area contributed by atoms with Gasteiger partial charge < -0.3 is 14.8 Å². The topological polar surface area (TPSA) is 72.2 Å². The highest BCUT2D eigenvalue weighted by Gasteiger charge is 2.34. The van der Waals surface area contributed by atoms with Gasteiger partial charge in [-0.2, -0.15) is 5.10 Å². The number of amides is 2. The van der Waals surface area contributed by atoms with Gasteiger partial charge in [-0.15, -0.1) is 0 Å². The third-order valence-corrected chi connectivity index (χ3v) is 5.03. The molecular weight excluding hydrogens is 354 g/mol. The molecule has 1 fully saturated rings. The number of hydrogen-bond donors (Lipinski definition) is 1. The molecule has 1 unspecified atom stereocenters. The minimum Gasteiger partial charge on any atom is -0.357 e. The summed E-state index contributed by atoms with van der Waals surface area (Å²) in [5.41, 5.74) is 2.60. The van der Waals surface area contributed by atoms with E-state index < -0.39 is 6.04 Å². The zero-order chi connectivity index (χ0) is 19.5. The number of aryl methyl sites for hydroxylation is 1. The number of likely N-dealkylation sites (tertiary alicyclic amines) is 1. The highest BCUT2D eigenvalue weighted by Crippen LogP contribution is 2.21. The Morgan fingerprint density at radius 3 is 2.68 bits per heavy atom. The van der Waals surface area contributed by atoms with Crippen molar-refractivity contribution in [1.29, 1.82) is 0 Å². The lowest BCUT2D eigenvalue weighted by atomic mass is 10.1. The summed E-state index contributed by atoms with van der Waals surface area (Å²) in [6.07, 6.45) is 9.30. The normalized spacial score (nSPS) is 16.3. The lowest BCUT2D eigenvalue weighted by Gasteiger charge is -2.24. The van der Waals surface area contributed by atoms with Crippen molar-refractivity contribution in [2.45, 2.75) is 25.3 Å². The zero-order valence-electron chi connectivity index (χ0n) is 15.8. The maximum absolute atomic E-state index is 12.8. The van der Waals surface area contributed by atoms with Crippen LogP contribution in [0.2, 0.25) is 0 Å². The second-order valence-corrected chi connectivity index (χ2v) is 7.09. The molecule has 0 saturated carbocycles. The summed E-state index contributed by atoms with van der Waals surface area (Å²) in [6.45, 7) is 0.627. The molecule has 2 aromatic heterocycles. The zero-order valence-corrected chi connectivity index (χ0v) is 15.8. The number of carbonyl (C=O) groups is 2. The molecular formula is C21H23N5O2. The van der Waals surface area contributed by atoms with E-state index >= 15 is 0 Å². The van der Waals surface area contributed by atoms with Crippen LogP contribution in [0.15, 0.2) is 61.2 Å². The molecule has 28 heavy (non-hydrogen) atoms. The Morgan fingerprint density at radius 1 is 1.18 bits per heavy atom. The van der Waals surface area contributed by atoms with E-state index in [0.717, 1.165) is 17.7 Å². The molecule has 0 radical (unpaired) electrons. The number of rotatable bonds is 5. The predicted octanol–water partition coefficient (Wildman–Crippen LogP) is 2.38. The Balaban J connectivity index is 1.40. The van der Waals surface area contributed by atoms with Crippen LogP contribution < -0.4 is 5.32 Å². The van der Waals surface area contributed by atoms with Gasteiger partial charge in [-0.1, -0.05) is 0 Å². The van der Waals surface area contributed by atoms with Gasteiger partial charge in [-0.3, -0.25) is 9.59 Å². The first-order chi connectivity index (χ1) is 13.6. The average Bonchev–Trinajstić information content (AvgIpc) is 3.44. The van der Waals surface area contributed by atoms with Crippen molar-refractivity contribution in [3.05, 3.63) is 66.7 Å². The van der Waals surface area contributed by atoms with E-state index in [2.05, 4.69) is 10.4 Å². The lowest BCUT2D eigenvalue weighted by Crippen LogP contribution is -2.43. The molecule has 0 bridgehead atoms. The van der Waals surface area contributed by atoms with Crippen LogP contribution in [-0.2, 0) is 23.1 Å². The van der Waals surface area contributed by atoms with Gasteiger partial charge in [-0.05, 0) is 54.8 Å². The van der Waals surface area contributed by atoms with Gasteiger partial charge >= 0.3 is 0 Å². The molecule has 2 amide bonds. The summed E-state index contributed by atoms with van der Waals surface area (Å²) in [5.74, 6) is -0.136. The maximum atomic E-state index is 12.8. The molecule has 1 aliphatic rings. The SMILES string of the molecule is Cn1ccc(CC(=O)N2CCCC2C(=O)Nc2ccc(-n3cccn3)cc2)c1. The number of carbonyl (C=O) groups excluding carboxylic acids is 2. The first-order valence-corrected chi connectivity index (χ1v) is 9.41. The number of anilines is 1. The first kappa shape index (κ1) is 18.0. The molecule has 1 saturated heterocycles. The fourth-order valence-electron chi connectivity index (χ4n) is 3.62. The Kier molecular flexibility index (Phi) is 4.97. The lowest BCUT2D eigenvalue weighted by molar-refractivity contribution is -0.136. The molecule has 7 heteroatoms. The first-order valence-electron chi connectivity index (χ1n) is 9.41. The molecule has 1 N–H and O–H groups in total. The molecule has 1 aromatic carbocycles. The van der Waals surface area contributed by atoms with Crippen LogP contribution in [0.1, 0.15) is 18.4 Å². The largest absolute Gasteiger partial charge is 0.357 e. The predicted molar refractivity (Wildman–Crippen MR) is 106 cm³/mol. The molecule has 1 aliphatic heterocycles. The van der Waals surface area contributed by atoms with Crippen molar-refractivity contribution >= 4 is 17.5 Å². The fraction of sp³-hybridized carbons (Fsp3) is 0.286. The third-order valence-electron chi connectivity index (χ3n) is 5.03. The van der Waals surface area contributed by atoms with Crippen LogP contribution in [0.5, 0.6) is 0 Å². The van der Waals surface area contributed by atoms with Crippen LogP contribution >= 0.6 is 0 Å². The van der Waals surface area contributed by atoms with Gasteiger partial charge in [0.25, 0.3) is 0 Å². The summed E-state index contributed by atoms with van der Waals surface area (Å²) in [7, 11) is 1.93. The van der Waals surface area contributed by atoms with E-state index in [1.54, 1.807) is 15.8 Å². The van der Waals surface area contributed by atoms with Gasteiger partial charge in [-0.25, -0.2) is 4.68 Å². The molecule has 0 spiro atoms. The highest BCUT2D eigenvalue weighted by molar-refractivity contribution is 5.97. The summed E-state index contributed by atoms with van der Waals surface area (Å²) >= 11 is 0. The van der Waals surface area contributed by atoms with Gasteiger partial charge in [0.2, 0.25) is 11.8 Å². The van der Waals surface area contributed by atoms with Gasteiger partial charge in [0.05, 0.1) is 12.1 Å². The van der Waals surface area contributed by atoms with E-state index in [0.29, 0.717) is 25.1 Å². The molecule has 4 rings (SSSR count). The van der Waals surface area contributed by atoms with Crippen molar-refractivity contribution in [2.75, 3.05) is 11.9 Å². The molecule has 3 aromatic rings. The van der Waals surface area contributed by atoms with E-state index in [4.69, 9.17) is 0 Å². The van der Waals surface area contributed by atoms with Crippen molar-refractivity contribution in [3.63, 3.8) is 0 Å². The smallest absolute Gasteiger partial charge is 0.247 e. The molecule has 144 valence electrons. The van der Waals surface area contributed by atoms with Crippen molar-refractivity contribution in [1.82, 2.24) is 19.2 Å². The van der Waals surface area contributed by atoms with Crippen LogP contribution in [0.3, 0.4) is 0 Å². The number of nitrogens with one attached hydrogen (secondary N) is 1. The minimum absolute atomic E-state index is 0.00196. The standard InChI is InChI=1S/C21H23N5O2/c1-24-13-9-16(15-24)14-20(27)25-11-2-4-19(25)21(28)23-17-5-7-18(8-6-17)26-12-3-10-22-26/h3,5-10,12-13,15,19H,2,4,11,14H2,1H3,(H,23,28). The monoisotopic (exact) mass is 377 g/mol. The number of aromatic nitrogens is 3. The Labute approximate surface area is 163 Å². The maximum Gasteiger partial charge on any atom is 0.247 e. The van der Waals surface area contributed by atoms with Gasteiger partial charge in [0, 0.05) is 44.1 Å². The average molecular weight is 377 g/mol. The van der Waals surface area contributed by atoms with Crippen molar-refractivity contribution < 1.29 is 9.59 Å². The van der Waals surface area contributed by atoms with Crippen molar-refractivity contribution in [3.8, 4) is 5.69 Å². The second-order valence-electron chi connectivity index (χ2n) is 7.09. The highest BCUT2D eigenvalue weighted by atomic mass is 16.2. The molecule has 1 atom stereocenters. The molecule has 7 nitrogen and oxygen atoms in total. The van der Waals surface area contributed by atoms with Gasteiger partial charge in [0.1, 0.15) is 6.04 Å². The number of hydrogen-bond acceptors (Lipinski definition) is 3. The summed E-state index contributed by atoms with van der Waals surface area (Å²) in [6, 6.07) is 10.9. The Morgan fingerprint density at radius 2 is 2.00 bits per heavy atom.